The highest BCUT2D eigenvalue weighted by molar-refractivity contribution is 6.32. The second-order valence-corrected chi connectivity index (χ2v) is 6.53. The third kappa shape index (κ3) is 4.60. The minimum Gasteiger partial charge on any atom is -0.486 e. The van der Waals surface area contributed by atoms with Gasteiger partial charge in [-0.15, -0.1) is 0 Å². The molecule has 1 aliphatic rings. The number of rotatable bonds is 4. The molecule has 0 saturated heterocycles. The molecule has 2 amide bonds. The Morgan fingerprint density at radius 2 is 1.81 bits per heavy atom. The van der Waals surface area contributed by atoms with E-state index >= 15 is 0 Å². The Morgan fingerprint density at radius 1 is 1.11 bits per heavy atom. The van der Waals surface area contributed by atoms with Crippen molar-refractivity contribution in [2.24, 2.45) is 0 Å². The molecule has 0 unspecified atom stereocenters. The van der Waals surface area contributed by atoms with E-state index in [4.69, 9.17) is 21.1 Å². The maximum Gasteiger partial charge on any atom is 0.253 e. The van der Waals surface area contributed by atoms with Crippen molar-refractivity contribution in [3.8, 4) is 11.5 Å². The van der Waals surface area contributed by atoms with Crippen molar-refractivity contribution in [1.82, 2.24) is 4.90 Å². The van der Waals surface area contributed by atoms with Crippen molar-refractivity contribution >= 4 is 35.2 Å². The first-order valence-corrected chi connectivity index (χ1v) is 8.72. The van der Waals surface area contributed by atoms with Crippen molar-refractivity contribution in [2.45, 2.75) is 0 Å². The molecular weight excluding hydrogens is 368 g/mol. The van der Waals surface area contributed by atoms with Gasteiger partial charge in [-0.1, -0.05) is 11.6 Å². The third-order valence-electron chi connectivity index (χ3n) is 3.85. The van der Waals surface area contributed by atoms with Gasteiger partial charge in [-0.25, -0.2) is 0 Å². The van der Waals surface area contributed by atoms with E-state index in [1.54, 1.807) is 56.6 Å². The van der Waals surface area contributed by atoms with Crippen LogP contribution < -0.4 is 14.8 Å². The fourth-order valence-corrected chi connectivity index (χ4v) is 2.81. The highest BCUT2D eigenvalue weighted by Crippen LogP contribution is 2.38. The number of carbonyl (C=O) groups excluding carboxylic acids is 2. The van der Waals surface area contributed by atoms with Gasteiger partial charge in [0.15, 0.2) is 11.5 Å². The van der Waals surface area contributed by atoms with Crippen LogP contribution in [0.25, 0.3) is 6.08 Å². The van der Waals surface area contributed by atoms with Crippen LogP contribution >= 0.6 is 11.6 Å². The number of ether oxygens (including phenoxy) is 2. The summed E-state index contributed by atoms with van der Waals surface area (Å²) in [6, 6.07) is 10.2. The number of fused-ring (bicyclic) bond motifs is 1. The van der Waals surface area contributed by atoms with Crippen LogP contribution in [-0.2, 0) is 4.79 Å². The van der Waals surface area contributed by atoms with Gasteiger partial charge in [-0.3, -0.25) is 9.59 Å². The van der Waals surface area contributed by atoms with Gasteiger partial charge in [-0.2, -0.15) is 0 Å². The number of hydrogen-bond acceptors (Lipinski definition) is 4. The minimum absolute atomic E-state index is 0.0942. The summed E-state index contributed by atoms with van der Waals surface area (Å²) < 4.78 is 11.0. The number of amides is 2. The molecule has 3 rings (SSSR count). The van der Waals surface area contributed by atoms with E-state index in [1.165, 1.54) is 11.0 Å². The first-order valence-electron chi connectivity index (χ1n) is 8.34. The molecule has 1 heterocycles. The Balaban J connectivity index is 1.65. The summed E-state index contributed by atoms with van der Waals surface area (Å²) in [4.78, 5) is 25.5. The molecule has 0 radical (unpaired) electrons. The van der Waals surface area contributed by atoms with Gasteiger partial charge in [0.25, 0.3) is 5.91 Å². The summed E-state index contributed by atoms with van der Waals surface area (Å²) in [7, 11) is 3.37. The van der Waals surface area contributed by atoms with Crippen LogP contribution in [0.15, 0.2) is 42.5 Å². The molecule has 1 aliphatic heterocycles. The van der Waals surface area contributed by atoms with Crippen molar-refractivity contribution in [1.29, 1.82) is 0 Å². The summed E-state index contributed by atoms with van der Waals surface area (Å²) in [5, 5.41) is 3.18. The highest BCUT2D eigenvalue weighted by atomic mass is 35.5. The van der Waals surface area contributed by atoms with E-state index < -0.39 is 0 Å². The second-order valence-electron chi connectivity index (χ2n) is 6.13. The molecular formula is C20H19ClN2O4. The van der Waals surface area contributed by atoms with Crippen LogP contribution in [0, 0.1) is 0 Å². The normalized spacial score (nSPS) is 12.7. The minimum atomic E-state index is -0.298. The van der Waals surface area contributed by atoms with E-state index in [-0.39, 0.29) is 11.8 Å². The standard InChI is InChI=1S/C20H19ClN2O4/c1-23(2)20(25)14-4-6-15(7-5-14)22-18(24)8-3-13-11-16(21)19-17(12-13)26-9-10-27-19/h3-8,11-12H,9-10H2,1-2H3,(H,22,24)/b8-3+. The molecule has 0 aromatic heterocycles. The van der Waals surface area contributed by atoms with E-state index in [2.05, 4.69) is 5.32 Å². The Labute approximate surface area is 162 Å². The first kappa shape index (κ1) is 18.8. The molecule has 7 heteroatoms. The zero-order valence-corrected chi connectivity index (χ0v) is 15.7. The number of anilines is 1. The van der Waals surface area contributed by atoms with E-state index in [0.717, 1.165) is 5.56 Å². The van der Waals surface area contributed by atoms with Crippen molar-refractivity contribution < 1.29 is 19.1 Å². The molecule has 0 spiro atoms. The predicted molar refractivity (Wildman–Crippen MR) is 105 cm³/mol. The van der Waals surface area contributed by atoms with E-state index in [0.29, 0.717) is 41.0 Å². The maximum absolute atomic E-state index is 12.1. The number of nitrogens with zero attached hydrogens (tertiary/aromatic N) is 1. The number of carbonyl (C=O) groups is 2. The highest BCUT2D eigenvalue weighted by Gasteiger charge is 2.16. The lowest BCUT2D eigenvalue weighted by Gasteiger charge is -2.19. The molecule has 0 fully saturated rings. The zero-order valence-electron chi connectivity index (χ0n) is 15.0. The van der Waals surface area contributed by atoms with E-state index in [1.807, 2.05) is 0 Å². The molecule has 27 heavy (non-hydrogen) atoms. The summed E-state index contributed by atoms with van der Waals surface area (Å²) in [6.45, 7) is 0.923. The number of nitrogens with one attached hydrogen (secondary N) is 1. The van der Waals surface area contributed by atoms with Gasteiger partial charge in [0.2, 0.25) is 5.91 Å². The molecule has 2 aromatic carbocycles. The number of hydrogen-bond donors (Lipinski definition) is 1. The maximum atomic E-state index is 12.1. The largest absolute Gasteiger partial charge is 0.486 e. The summed E-state index contributed by atoms with van der Waals surface area (Å²) in [5.74, 6) is 0.697. The van der Waals surface area contributed by atoms with Crippen LogP contribution in [0.3, 0.4) is 0 Å². The van der Waals surface area contributed by atoms with Gasteiger partial charge >= 0.3 is 0 Å². The topological polar surface area (TPSA) is 67.9 Å². The fraction of sp³-hybridized carbons (Fsp3) is 0.200. The Kier molecular flexibility index (Phi) is 5.66. The van der Waals surface area contributed by atoms with Crippen LogP contribution in [0.5, 0.6) is 11.5 Å². The average Bonchev–Trinajstić information content (AvgIpc) is 2.66. The van der Waals surface area contributed by atoms with Crippen LogP contribution in [-0.4, -0.2) is 44.0 Å². The van der Waals surface area contributed by atoms with Crippen LogP contribution in [0.2, 0.25) is 5.02 Å². The van der Waals surface area contributed by atoms with Gasteiger partial charge in [0, 0.05) is 31.4 Å². The molecule has 0 atom stereocenters. The predicted octanol–water partition coefficient (Wildman–Crippen LogP) is 3.46. The van der Waals surface area contributed by atoms with Gasteiger partial charge in [-0.05, 0) is 48.0 Å². The fourth-order valence-electron chi connectivity index (χ4n) is 2.54. The van der Waals surface area contributed by atoms with Crippen molar-refractivity contribution in [2.75, 3.05) is 32.6 Å². The van der Waals surface area contributed by atoms with Gasteiger partial charge < -0.3 is 19.7 Å². The van der Waals surface area contributed by atoms with Crippen LogP contribution in [0.1, 0.15) is 15.9 Å². The van der Waals surface area contributed by atoms with E-state index in [9.17, 15) is 9.59 Å². The first-order chi connectivity index (χ1) is 12.9. The molecule has 0 bridgehead atoms. The van der Waals surface area contributed by atoms with Gasteiger partial charge in [0.05, 0.1) is 5.02 Å². The lowest BCUT2D eigenvalue weighted by molar-refractivity contribution is -0.111. The Morgan fingerprint density at radius 3 is 2.52 bits per heavy atom. The SMILES string of the molecule is CN(C)C(=O)c1ccc(NC(=O)/C=C/c2cc(Cl)c3c(c2)OCCO3)cc1. The monoisotopic (exact) mass is 386 g/mol. The average molecular weight is 387 g/mol. The zero-order chi connectivity index (χ0) is 19.4. The smallest absolute Gasteiger partial charge is 0.253 e. The number of benzene rings is 2. The van der Waals surface area contributed by atoms with Gasteiger partial charge in [0.1, 0.15) is 13.2 Å². The summed E-state index contributed by atoms with van der Waals surface area (Å²) in [5.41, 5.74) is 1.88. The molecule has 2 aromatic rings. The Hall–Kier alpha value is -2.99. The second kappa shape index (κ2) is 8.14. The summed E-state index contributed by atoms with van der Waals surface area (Å²) >= 11 is 6.18. The molecule has 140 valence electrons. The molecule has 1 N–H and O–H groups in total. The summed E-state index contributed by atoms with van der Waals surface area (Å²) in [6.07, 6.45) is 3.05. The van der Waals surface area contributed by atoms with Crippen molar-refractivity contribution in [3.63, 3.8) is 0 Å². The quantitative estimate of drug-likeness (QED) is 0.817. The Bertz CT molecular complexity index is 892. The third-order valence-corrected chi connectivity index (χ3v) is 4.13. The molecule has 0 aliphatic carbocycles. The van der Waals surface area contributed by atoms with Crippen LogP contribution in [0.4, 0.5) is 5.69 Å². The lowest BCUT2D eigenvalue weighted by Crippen LogP contribution is -2.21. The number of halogens is 1. The lowest BCUT2D eigenvalue weighted by atomic mass is 10.1. The molecule has 6 nitrogen and oxygen atoms in total. The van der Waals surface area contributed by atoms with Crippen molar-refractivity contribution in [3.05, 3.63) is 58.6 Å². The molecule has 0 saturated carbocycles.